The minimum absolute atomic E-state index is 0.170. The summed E-state index contributed by atoms with van der Waals surface area (Å²) in [5, 5.41) is 3.17. The number of sulfone groups is 1. The van der Waals surface area contributed by atoms with E-state index < -0.39 is 9.84 Å². The number of anilines is 1. The number of halogens is 1. The van der Waals surface area contributed by atoms with Crippen molar-refractivity contribution < 1.29 is 8.42 Å². The van der Waals surface area contributed by atoms with Gasteiger partial charge in [-0.2, -0.15) is 0 Å². The second-order valence-corrected chi connectivity index (χ2v) is 7.43. The van der Waals surface area contributed by atoms with Crippen LogP contribution in [-0.4, -0.2) is 26.5 Å². The highest BCUT2D eigenvalue weighted by molar-refractivity contribution is 9.10. The van der Waals surface area contributed by atoms with Crippen LogP contribution >= 0.6 is 15.9 Å². The van der Waals surface area contributed by atoms with Crippen LogP contribution < -0.4 is 5.32 Å². The maximum Gasteiger partial charge on any atom is 0.151 e. The van der Waals surface area contributed by atoms with E-state index in [4.69, 9.17) is 0 Å². The molecule has 0 aliphatic rings. The van der Waals surface area contributed by atoms with Gasteiger partial charge in [0.05, 0.1) is 11.4 Å². The largest absolute Gasteiger partial charge is 0.383 e. The van der Waals surface area contributed by atoms with Crippen molar-refractivity contribution >= 4 is 31.5 Å². The Morgan fingerprint density at radius 2 is 1.94 bits per heavy atom. The van der Waals surface area contributed by atoms with Crippen LogP contribution in [0, 0.1) is 13.8 Å². The van der Waals surface area contributed by atoms with Gasteiger partial charge in [0.2, 0.25) is 0 Å². The SMILES string of the molecule is CCS(=O)(=O)CCNc1c(C)cc(C)cc1Br. The lowest BCUT2D eigenvalue weighted by Gasteiger charge is -2.12. The van der Waals surface area contributed by atoms with Crippen LogP contribution in [0.2, 0.25) is 0 Å². The molecular formula is C12H18BrNO2S. The maximum atomic E-state index is 11.4. The van der Waals surface area contributed by atoms with Crippen LogP contribution in [0.4, 0.5) is 5.69 Å². The number of aryl methyl sites for hydroxylation is 2. The van der Waals surface area contributed by atoms with E-state index in [0.717, 1.165) is 15.7 Å². The lowest BCUT2D eigenvalue weighted by molar-refractivity contribution is 0.597. The van der Waals surface area contributed by atoms with Gasteiger partial charge >= 0.3 is 0 Å². The molecule has 1 N–H and O–H groups in total. The molecular weight excluding hydrogens is 302 g/mol. The van der Waals surface area contributed by atoms with Gasteiger partial charge in [0.1, 0.15) is 0 Å². The summed E-state index contributed by atoms with van der Waals surface area (Å²) >= 11 is 3.48. The number of hydrogen-bond acceptors (Lipinski definition) is 3. The highest BCUT2D eigenvalue weighted by Crippen LogP contribution is 2.27. The number of rotatable bonds is 5. The van der Waals surface area contributed by atoms with Crippen molar-refractivity contribution in [3.8, 4) is 0 Å². The van der Waals surface area contributed by atoms with Gasteiger partial charge in [-0.1, -0.05) is 13.0 Å². The van der Waals surface area contributed by atoms with Crippen molar-refractivity contribution in [3.05, 3.63) is 27.7 Å². The van der Waals surface area contributed by atoms with Gasteiger partial charge in [-0.3, -0.25) is 0 Å². The third-order valence-electron chi connectivity index (χ3n) is 2.59. The molecule has 1 rings (SSSR count). The number of benzene rings is 1. The molecule has 0 bridgehead atoms. The molecule has 0 spiro atoms. The molecule has 0 aliphatic carbocycles. The van der Waals surface area contributed by atoms with Gasteiger partial charge in [-0.25, -0.2) is 8.42 Å². The lowest BCUT2D eigenvalue weighted by atomic mass is 10.1. The van der Waals surface area contributed by atoms with E-state index in [1.165, 1.54) is 5.56 Å². The highest BCUT2D eigenvalue weighted by atomic mass is 79.9. The fourth-order valence-electron chi connectivity index (χ4n) is 1.62. The van der Waals surface area contributed by atoms with E-state index in [-0.39, 0.29) is 11.5 Å². The first-order valence-electron chi connectivity index (χ1n) is 5.57. The molecule has 0 aromatic heterocycles. The molecule has 0 fully saturated rings. The van der Waals surface area contributed by atoms with Gasteiger partial charge < -0.3 is 5.32 Å². The molecule has 0 unspecified atom stereocenters. The van der Waals surface area contributed by atoms with Crippen molar-refractivity contribution in [3.63, 3.8) is 0 Å². The van der Waals surface area contributed by atoms with Gasteiger partial charge in [-0.05, 0) is 47.0 Å². The molecule has 0 amide bonds. The van der Waals surface area contributed by atoms with Crippen molar-refractivity contribution in [2.24, 2.45) is 0 Å². The first-order chi connectivity index (χ1) is 7.85. The normalized spacial score (nSPS) is 11.5. The molecule has 1 aromatic carbocycles. The first kappa shape index (κ1) is 14.5. The fraction of sp³-hybridized carbons (Fsp3) is 0.500. The Hall–Kier alpha value is -0.550. The van der Waals surface area contributed by atoms with Crippen LogP contribution in [0.5, 0.6) is 0 Å². The second kappa shape index (κ2) is 5.87. The third kappa shape index (κ3) is 4.32. The van der Waals surface area contributed by atoms with Crippen molar-refractivity contribution in [2.75, 3.05) is 23.4 Å². The third-order valence-corrected chi connectivity index (χ3v) is 4.92. The Labute approximate surface area is 112 Å². The molecule has 0 saturated carbocycles. The molecule has 1 aromatic rings. The summed E-state index contributed by atoms with van der Waals surface area (Å²) in [5.41, 5.74) is 3.27. The molecule has 96 valence electrons. The van der Waals surface area contributed by atoms with E-state index in [1.807, 2.05) is 19.9 Å². The van der Waals surface area contributed by atoms with E-state index in [2.05, 4.69) is 27.3 Å². The van der Waals surface area contributed by atoms with Crippen LogP contribution in [0.1, 0.15) is 18.1 Å². The van der Waals surface area contributed by atoms with Crippen LogP contribution in [0.15, 0.2) is 16.6 Å². The van der Waals surface area contributed by atoms with Gasteiger partial charge in [-0.15, -0.1) is 0 Å². The van der Waals surface area contributed by atoms with Crippen molar-refractivity contribution in [1.82, 2.24) is 0 Å². The fourth-order valence-corrected chi connectivity index (χ4v) is 3.13. The Bertz CT molecular complexity index is 474. The number of hydrogen-bond donors (Lipinski definition) is 1. The number of nitrogens with one attached hydrogen (secondary N) is 1. The minimum Gasteiger partial charge on any atom is -0.383 e. The Balaban J connectivity index is 2.71. The second-order valence-electron chi connectivity index (χ2n) is 4.10. The van der Waals surface area contributed by atoms with Gasteiger partial charge in [0, 0.05) is 16.8 Å². The lowest BCUT2D eigenvalue weighted by Crippen LogP contribution is -2.17. The molecule has 0 aliphatic heterocycles. The van der Waals surface area contributed by atoms with Gasteiger partial charge in [0.15, 0.2) is 9.84 Å². The standard InChI is InChI=1S/C12H18BrNO2S/c1-4-17(15,16)6-5-14-12-10(3)7-9(2)8-11(12)13/h7-8,14H,4-6H2,1-3H3. The van der Waals surface area contributed by atoms with Crippen LogP contribution in [0.25, 0.3) is 0 Å². The van der Waals surface area contributed by atoms with E-state index in [0.29, 0.717) is 6.54 Å². The highest BCUT2D eigenvalue weighted by Gasteiger charge is 2.08. The molecule has 0 atom stereocenters. The van der Waals surface area contributed by atoms with E-state index >= 15 is 0 Å². The Morgan fingerprint density at radius 1 is 1.29 bits per heavy atom. The summed E-state index contributed by atoms with van der Waals surface area (Å²) < 4.78 is 23.7. The first-order valence-corrected chi connectivity index (χ1v) is 8.18. The predicted octanol–water partition coefficient (Wildman–Crippen LogP) is 2.91. The molecule has 0 saturated heterocycles. The quantitative estimate of drug-likeness (QED) is 0.907. The zero-order chi connectivity index (χ0) is 13.1. The summed E-state index contributed by atoms with van der Waals surface area (Å²) in [5.74, 6) is 0.367. The monoisotopic (exact) mass is 319 g/mol. The smallest absolute Gasteiger partial charge is 0.151 e. The zero-order valence-electron chi connectivity index (χ0n) is 10.4. The predicted molar refractivity (Wildman–Crippen MR) is 76.4 cm³/mol. The summed E-state index contributed by atoms with van der Waals surface area (Å²) in [4.78, 5) is 0. The summed E-state index contributed by atoms with van der Waals surface area (Å²) in [6, 6.07) is 4.09. The maximum absolute atomic E-state index is 11.4. The van der Waals surface area contributed by atoms with Crippen molar-refractivity contribution in [1.29, 1.82) is 0 Å². The van der Waals surface area contributed by atoms with Crippen LogP contribution in [-0.2, 0) is 9.84 Å². The topological polar surface area (TPSA) is 46.2 Å². The van der Waals surface area contributed by atoms with E-state index in [9.17, 15) is 8.42 Å². The Kier molecular flexibility index (Phi) is 5.01. The molecule has 0 radical (unpaired) electrons. The molecule has 17 heavy (non-hydrogen) atoms. The van der Waals surface area contributed by atoms with E-state index in [1.54, 1.807) is 6.92 Å². The average Bonchev–Trinajstić information content (AvgIpc) is 2.22. The Morgan fingerprint density at radius 3 is 2.47 bits per heavy atom. The molecule has 3 nitrogen and oxygen atoms in total. The minimum atomic E-state index is -2.90. The summed E-state index contributed by atoms with van der Waals surface area (Å²) in [6.07, 6.45) is 0. The molecule has 0 heterocycles. The average molecular weight is 320 g/mol. The molecule has 5 heteroatoms. The zero-order valence-corrected chi connectivity index (χ0v) is 12.8. The summed E-state index contributed by atoms with van der Waals surface area (Å²) in [7, 11) is -2.90. The van der Waals surface area contributed by atoms with Crippen LogP contribution in [0.3, 0.4) is 0 Å². The summed E-state index contributed by atoms with van der Waals surface area (Å²) in [6.45, 7) is 6.15. The van der Waals surface area contributed by atoms with Gasteiger partial charge in [0.25, 0.3) is 0 Å². The van der Waals surface area contributed by atoms with Crippen molar-refractivity contribution in [2.45, 2.75) is 20.8 Å².